The minimum Gasteiger partial charge on any atom is -0.380 e. The van der Waals surface area contributed by atoms with Gasteiger partial charge in [0.05, 0.1) is 0 Å². The molecule has 2 N–H and O–H groups in total. The fourth-order valence-electron chi connectivity index (χ4n) is 2.68. The van der Waals surface area contributed by atoms with Gasteiger partial charge in [0.1, 0.15) is 11.4 Å². The molecule has 0 aliphatic heterocycles. The molecule has 2 aromatic rings. The number of carbonyl (C=O) groups is 1. The zero-order valence-corrected chi connectivity index (χ0v) is 12.8. The number of nitrogens with zero attached hydrogens (tertiary/aromatic N) is 1. The summed E-state index contributed by atoms with van der Waals surface area (Å²) in [6, 6.07) is 6.60. The summed E-state index contributed by atoms with van der Waals surface area (Å²) in [6.45, 7) is 0. The Hall–Kier alpha value is -1.79. The van der Waals surface area contributed by atoms with Crippen LogP contribution in [-0.2, 0) is 11.2 Å². The van der Waals surface area contributed by atoms with E-state index in [1.165, 1.54) is 17.4 Å². The fourth-order valence-corrected chi connectivity index (χ4v) is 3.51. The Morgan fingerprint density at radius 1 is 1.36 bits per heavy atom. The quantitative estimate of drug-likeness (QED) is 0.910. The first-order valence-electron chi connectivity index (χ1n) is 7.29. The van der Waals surface area contributed by atoms with E-state index in [9.17, 15) is 14.3 Å². The minimum absolute atomic E-state index is 0.248. The lowest BCUT2D eigenvalue weighted by molar-refractivity contribution is -0.133. The van der Waals surface area contributed by atoms with Crippen molar-refractivity contribution in [3.05, 3.63) is 46.7 Å². The molecule has 1 aromatic heterocycles. The maximum absolute atomic E-state index is 13.6. The van der Waals surface area contributed by atoms with Gasteiger partial charge in [-0.05, 0) is 37.3 Å². The lowest BCUT2D eigenvalue weighted by Gasteiger charge is -2.19. The third-order valence-electron chi connectivity index (χ3n) is 3.95. The Balaban J connectivity index is 1.66. The first-order chi connectivity index (χ1) is 10.6. The van der Waals surface area contributed by atoms with E-state index in [1.807, 2.05) is 0 Å². The van der Waals surface area contributed by atoms with E-state index in [0.717, 1.165) is 17.7 Å². The van der Waals surface area contributed by atoms with Gasteiger partial charge in [-0.15, -0.1) is 11.3 Å². The minimum atomic E-state index is -1.27. The number of nitrogens with one attached hydrogen (secondary N) is 1. The van der Waals surface area contributed by atoms with E-state index in [2.05, 4.69) is 10.3 Å². The summed E-state index contributed by atoms with van der Waals surface area (Å²) < 4.78 is 13.6. The van der Waals surface area contributed by atoms with Crippen molar-refractivity contribution >= 4 is 22.4 Å². The Morgan fingerprint density at radius 3 is 2.82 bits per heavy atom. The van der Waals surface area contributed by atoms with Crippen LogP contribution in [0.4, 0.5) is 9.52 Å². The van der Waals surface area contributed by atoms with Crippen LogP contribution >= 0.6 is 11.3 Å². The topological polar surface area (TPSA) is 62.2 Å². The number of hydrogen-bond donors (Lipinski definition) is 2. The predicted octanol–water partition coefficient (Wildman–Crippen LogP) is 3.12. The molecular formula is C16H17FN2O2S. The standard InChI is InChI=1S/C16H17FN2O2S/c17-13-6-2-1-5-11(13)9-12-10-18-15(22-12)19-14(20)16(21)7-3-4-8-16/h1-2,5-6,10,21H,3-4,7-9H2,(H,18,19,20). The molecule has 0 saturated heterocycles. The molecule has 0 unspecified atom stereocenters. The van der Waals surface area contributed by atoms with Crippen LogP contribution in [-0.4, -0.2) is 21.6 Å². The first-order valence-corrected chi connectivity index (χ1v) is 8.10. The summed E-state index contributed by atoms with van der Waals surface area (Å²) in [7, 11) is 0. The van der Waals surface area contributed by atoms with E-state index < -0.39 is 11.5 Å². The van der Waals surface area contributed by atoms with Gasteiger partial charge in [-0.2, -0.15) is 0 Å². The van der Waals surface area contributed by atoms with Gasteiger partial charge in [-0.25, -0.2) is 9.37 Å². The second kappa shape index (κ2) is 6.14. The largest absolute Gasteiger partial charge is 0.380 e. The summed E-state index contributed by atoms with van der Waals surface area (Å²) in [5, 5.41) is 13.3. The highest BCUT2D eigenvalue weighted by molar-refractivity contribution is 7.15. The molecule has 1 saturated carbocycles. The number of thiazole rings is 1. The van der Waals surface area contributed by atoms with Crippen LogP contribution in [0.1, 0.15) is 36.1 Å². The van der Waals surface area contributed by atoms with Crippen molar-refractivity contribution in [1.29, 1.82) is 0 Å². The van der Waals surface area contributed by atoms with E-state index in [1.54, 1.807) is 24.4 Å². The monoisotopic (exact) mass is 320 g/mol. The van der Waals surface area contributed by atoms with Gasteiger partial charge in [-0.1, -0.05) is 18.2 Å². The molecule has 22 heavy (non-hydrogen) atoms. The number of benzene rings is 1. The number of carbonyl (C=O) groups excluding carboxylic acids is 1. The van der Waals surface area contributed by atoms with E-state index in [0.29, 0.717) is 30.0 Å². The highest BCUT2D eigenvalue weighted by atomic mass is 32.1. The van der Waals surface area contributed by atoms with Crippen LogP contribution in [0.2, 0.25) is 0 Å². The molecule has 0 radical (unpaired) electrons. The van der Waals surface area contributed by atoms with Crippen LogP contribution in [0.25, 0.3) is 0 Å². The van der Waals surface area contributed by atoms with Gasteiger partial charge in [0.25, 0.3) is 5.91 Å². The summed E-state index contributed by atoms with van der Waals surface area (Å²) >= 11 is 1.30. The zero-order valence-electron chi connectivity index (χ0n) is 12.0. The van der Waals surface area contributed by atoms with Crippen molar-refractivity contribution in [3.8, 4) is 0 Å². The number of amides is 1. The fraction of sp³-hybridized carbons (Fsp3) is 0.375. The van der Waals surface area contributed by atoms with Crippen LogP contribution < -0.4 is 5.32 Å². The first kappa shape index (κ1) is 15.1. The van der Waals surface area contributed by atoms with Gasteiger partial charge in [0.2, 0.25) is 0 Å². The molecule has 4 nitrogen and oxygen atoms in total. The summed E-state index contributed by atoms with van der Waals surface area (Å²) in [4.78, 5) is 17.1. The molecule has 1 aromatic carbocycles. The van der Waals surface area contributed by atoms with E-state index in [-0.39, 0.29) is 5.82 Å². The van der Waals surface area contributed by atoms with Crippen molar-refractivity contribution in [3.63, 3.8) is 0 Å². The van der Waals surface area contributed by atoms with Crippen LogP contribution in [0.3, 0.4) is 0 Å². The predicted molar refractivity (Wildman–Crippen MR) is 83.4 cm³/mol. The van der Waals surface area contributed by atoms with Gasteiger partial charge in [0.15, 0.2) is 5.13 Å². The third kappa shape index (κ3) is 3.18. The van der Waals surface area contributed by atoms with Crippen molar-refractivity contribution in [2.24, 2.45) is 0 Å². The second-order valence-electron chi connectivity index (χ2n) is 5.59. The van der Waals surface area contributed by atoms with Gasteiger partial charge < -0.3 is 5.11 Å². The average molecular weight is 320 g/mol. The Kier molecular flexibility index (Phi) is 4.22. The van der Waals surface area contributed by atoms with Crippen molar-refractivity contribution in [2.45, 2.75) is 37.7 Å². The number of halogens is 1. The third-order valence-corrected chi connectivity index (χ3v) is 4.86. The molecule has 6 heteroatoms. The van der Waals surface area contributed by atoms with E-state index >= 15 is 0 Å². The molecular weight excluding hydrogens is 303 g/mol. The van der Waals surface area contributed by atoms with Crippen LogP contribution in [0, 0.1) is 5.82 Å². The molecule has 1 heterocycles. The van der Waals surface area contributed by atoms with Crippen LogP contribution in [0.5, 0.6) is 0 Å². The number of rotatable bonds is 4. The van der Waals surface area contributed by atoms with Gasteiger partial charge >= 0.3 is 0 Å². The van der Waals surface area contributed by atoms with Crippen molar-refractivity contribution in [2.75, 3.05) is 5.32 Å². The maximum Gasteiger partial charge on any atom is 0.258 e. The summed E-state index contributed by atoms with van der Waals surface area (Å²) in [5.74, 6) is -0.640. The Bertz CT molecular complexity index is 680. The number of hydrogen-bond acceptors (Lipinski definition) is 4. The second-order valence-corrected chi connectivity index (χ2v) is 6.71. The highest BCUT2D eigenvalue weighted by Gasteiger charge is 2.39. The number of anilines is 1. The molecule has 1 aliphatic carbocycles. The molecule has 0 bridgehead atoms. The number of aromatic nitrogens is 1. The summed E-state index contributed by atoms with van der Waals surface area (Å²) in [5.41, 5.74) is -0.671. The molecule has 0 spiro atoms. The van der Waals surface area contributed by atoms with Crippen molar-refractivity contribution < 1.29 is 14.3 Å². The molecule has 1 amide bonds. The SMILES string of the molecule is O=C(Nc1ncc(Cc2ccccc2F)s1)C1(O)CCCC1. The summed E-state index contributed by atoms with van der Waals surface area (Å²) in [6.07, 6.45) is 4.77. The van der Waals surface area contributed by atoms with Gasteiger partial charge in [-0.3, -0.25) is 10.1 Å². The van der Waals surface area contributed by atoms with Crippen LogP contribution in [0.15, 0.2) is 30.5 Å². The molecule has 1 aliphatic rings. The highest BCUT2D eigenvalue weighted by Crippen LogP contribution is 2.31. The Morgan fingerprint density at radius 2 is 2.09 bits per heavy atom. The maximum atomic E-state index is 13.6. The molecule has 0 atom stereocenters. The normalized spacial score (nSPS) is 16.6. The molecule has 116 valence electrons. The zero-order chi connectivity index (χ0) is 15.6. The average Bonchev–Trinajstić information content (AvgIpc) is 3.12. The van der Waals surface area contributed by atoms with Crippen molar-refractivity contribution in [1.82, 2.24) is 4.98 Å². The number of aliphatic hydroxyl groups is 1. The lowest BCUT2D eigenvalue weighted by Crippen LogP contribution is -2.40. The lowest BCUT2D eigenvalue weighted by atomic mass is 10.0. The smallest absolute Gasteiger partial charge is 0.258 e. The molecule has 1 fully saturated rings. The molecule has 3 rings (SSSR count). The van der Waals surface area contributed by atoms with Gasteiger partial charge in [0, 0.05) is 17.5 Å². The van der Waals surface area contributed by atoms with E-state index in [4.69, 9.17) is 0 Å². The Labute approximate surface area is 132 Å².